The van der Waals surface area contributed by atoms with E-state index in [9.17, 15) is 4.79 Å². The van der Waals surface area contributed by atoms with Gasteiger partial charge in [0.15, 0.2) is 0 Å². The zero-order valence-corrected chi connectivity index (χ0v) is 6.59. The largest absolute Gasteiger partial charge is 0.453 e. The lowest BCUT2D eigenvalue weighted by Crippen LogP contribution is -2.33. The molecule has 1 rings (SSSR count). The molecule has 1 aliphatic rings. The Morgan fingerprint density at radius 1 is 1.82 bits per heavy atom. The van der Waals surface area contributed by atoms with Crippen molar-refractivity contribution in [1.82, 2.24) is 5.32 Å². The van der Waals surface area contributed by atoms with Crippen LogP contribution in [0.5, 0.6) is 0 Å². The number of alkyl carbamates (subject to hydrolysis) is 1. The van der Waals surface area contributed by atoms with Crippen LogP contribution < -0.4 is 11.1 Å². The molecular formula is C7H14N2O2. The Labute approximate surface area is 67.5 Å². The molecule has 4 heteroatoms. The molecule has 1 fully saturated rings. The summed E-state index contributed by atoms with van der Waals surface area (Å²) in [4.78, 5) is 10.8. The Kier molecular flexibility index (Phi) is 2.24. The number of hydrogen-bond acceptors (Lipinski definition) is 3. The van der Waals surface area contributed by atoms with Crippen molar-refractivity contribution in [3.05, 3.63) is 0 Å². The number of carbonyl (C=O) groups is 1. The molecule has 0 aromatic carbocycles. The van der Waals surface area contributed by atoms with Crippen LogP contribution in [-0.4, -0.2) is 25.3 Å². The van der Waals surface area contributed by atoms with Gasteiger partial charge in [-0.1, -0.05) is 0 Å². The molecule has 0 aliphatic heterocycles. The first kappa shape index (κ1) is 6.91. The Balaban J connectivity index is 2.45. The minimum absolute atomic E-state index is 0.0275. The first-order valence-corrected chi connectivity index (χ1v) is 3.67. The van der Waals surface area contributed by atoms with Gasteiger partial charge in [0.2, 0.25) is 0 Å². The third kappa shape index (κ3) is 2.38. The molecule has 0 heterocycles. The molecule has 1 aliphatic carbocycles. The topological polar surface area (TPSA) is 64.3 Å². The molecule has 64 valence electrons. The van der Waals surface area contributed by atoms with Gasteiger partial charge in [0.25, 0.3) is 0 Å². The van der Waals surface area contributed by atoms with Crippen LogP contribution >= 0.6 is 0 Å². The third-order valence-corrected chi connectivity index (χ3v) is 1.79. The number of nitrogens with one attached hydrogen (secondary N) is 1. The zero-order chi connectivity index (χ0) is 9.19. The van der Waals surface area contributed by atoms with Crippen LogP contribution in [0.3, 0.4) is 0 Å². The fourth-order valence-corrected chi connectivity index (χ4v) is 1.19. The molecule has 2 atom stereocenters. The zero-order valence-electron chi connectivity index (χ0n) is 7.59. The quantitative estimate of drug-likeness (QED) is 0.575. The molecule has 0 radical (unpaired) electrons. The predicted octanol–water partition coefficient (Wildman–Crippen LogP) is 0.222. The number of methoxy groups -OCH3 is 1. The van der Waals surface area contributed by atoms with Gasteiger partial charge in [0.05, 0.1) is 8.48 Å². The van der Waals surface area contributed by atoms with E-state index < -0.39 is 12.1 Å². The highest BCUT2D eigenvalue weighted by Gasteiger charge is 2.22. The van der Waals surface area contributed by atoms with Crippen molar-refractivity contribution < 1.29 is 10.9 Å². The summed E-state index contributed by atoms with van der Waals surface area (Å²) in [5.41, 5.74) is 5.62. The van der Waals surface area contributed by atoms with Gasteiger partial charge in [-0.15, -0.1) is 0 Å². The number of hydrogen-bond donors (Lipinski definition) is 2. The standard InChI is InChI=1S/C7H14N2O2/c1-11-7(10)9-6-3-2-5(8)4-6/h5-6H,2-4,8H2,1H3,(H,9,10)/t5-,6-/m1/s1/i6D. The summed E-state index contributed by atoms with van der Waals surface area (Å²) in [6.07, 6.45) is 1.33. The fraction of sp³-hybridized carbons (Fsp3) is 0.857. The number of amides is 1. The van der Waals surface area contributed by atoms with Gasteiger partial charge in [-0.3, -0.25) is 0 Å². The summed E-state index contributed by atoms with van der Waals surface area (Å²) >= 11 is 0. The Hall–Kier alpha value is -0.770. The van der Waals surface area contributed by atoms with Gasteiger partial charge >= 0.3 is 6.09 Å². The number of nitrogens with two attached hydrogens (primary N) is 1. The highest BCUT2D eigenvalue weighted by Crippen LogP contribution is 2.16. The van der Waals surface area contributed by atoms with Crippen molar-refractivity contribution in [2.75, 3.05) is 7.11 Å². The van der Waals surface area contributed by atoms with E-state index in [0.29, 0.717) is 12.8 Å². The van der Waals surface area contributed by atoms with E-state index >= 15 is 0 Å². The summed E-state index contributed by atoms with van der Waals surface area (Å²) in [5, 5.41) is 2.46. The average molecular weight is 159 g/mol. The van der Waals surface area contributed by atoms with Crippen molar-refractivity contribution in [2.24, 2.45) is 5.73 Å². The van der Waals surface area contributed by atoms with Gasteiger partial charge in [0, 0.05) is 12.1 Å². The maximum atomic E-state index is 10.8. The second-order valence-corrected chi connectivity index (χ2v) is 2.72. The predicted molar refractivity (Wildman–Crippen MR) is 41.2 cm³/mol. The van der Waals surface area contributed by atoms with Gasteiger partial charge < -0.3 is 15.8 Å². The van der Waals surface area contributed by atoms with Crippen molar-refractivity contribution >= 4 is 6.09 Å². The molecular weight excluding hydrogens is 144 g/mol. The van der Waals surface area contributed by atoms with E-state index in [2.05, 4.69) is 10.1 Å². The van der Waals surface area contributed by atoms with Gasteiger partial charge in [-0.05, 0) is 19.3 Å². The molecule has 0 aromatic heterocycles. The third-order valence-electron chi connectivity index (χ3n) is 1.79. The SMILES string of the molecule is [2H][C@@]1(NC(=O)OC)CC[C@@H](N)C1. The smallest absolute Gasteiger partial charge is 0.407 e. The minimum Gasteiger partial charge on any atom is -0.453 e. The van der Waals surface area contributed by atoms with E-state index in [1.165, 1.54) is 7.11 Å². The highest BCUT2D eigenvalue weighted by atomic mass is 16.5. The second kappa shape index (κ2) is 3.57. The van der Waals surface area contributed by atoms with Crippen LogP contribution in [0, 0.1) is 0 Å². The van der Waals surface area contributed by atoms with Crippen molar-refractivity contribution in [1.29, 1.82) is 0 Å². The summed E-state index contributed by atoms with van der Waals surface area (Å²) in [5.74, 6) is 0. The second-order valence-electron chi connectivity index (χ2n) is 2.72. The van der Waals surface area contributed by atoms with Crippen LogP contribution in [0.1, 0.15) is 20.6 Å². The van der Waals surface area contributed by atoms with Gasteiger partial charge in [0.1, 0.15) is 0 Å². The normalized spacial score (nSPS) is 38.0. The monoisotopic (exact) mass is 159 g/mol. The fourth-order valence-electron chi connectivity index (χ4n) is 1.19. The maximum Gasteiger partial charge on any atom is 0.407 e. The number of ether oxygens (including phenoxy) is 1. The first-order valence-electron chi connectivity index (χ1n) is 4.17. The van der Waals surface area contributed by atoms with Crippen LogP contribution in [0.4, 0.5) is 4.79 Å². The van der Waals surface area contributed by atoms with E-state index in [1.54, 1.807) is 0 Å². The number of carbonyl (C=O) groups excluding carboxylic acids is 1. The molecule has 11 heavy (non-hydrogen) atoms. The van der Waals surface area contributed by atoms with Crippen molar-refractivity contribution in [2.45, 2.75) is 31.3 Å². The lowest BCUT2D eigenvalue weighted by Gasteiger charge is -2.10. The van der Waals surface area contributed by atoms with E-state index in [4.69, 9.17) is 7.10 Å². The molecule has 1 saturated carbocycles. The Bertz CT molecular complexity index is 188. The molecule has 3 N–H and O–H groups in total. The molecule has 0 unspecified atom stereocenters. The molecule has 0 saturated heterocycles. The highest BCUT2D eigenvalue weighted by molar-refractivity contribution is 5.67. The van der Waals surface area contributed by atoms with Gasteiger partial charge in [-0.2, -0.15) is 0 Å². The average Bonchev–Trinajstić information content (AvgIpc) is 2.30. The summed E-state index contributed by atoms with van der Waals surface area (Å²) in [6.45, 7) is 0. The molecule has 1 amide bonds. The minimum atomic E-state index is -0.910. The van der Waals surface area contributed by atoms with Crippen LogP contribution in [0.2, 0.25) is 0 Å². The lowest BCUT2D eigenvalue weighted by atomic mass is 10.2. The van der Waals surface area contributed by atoms with Crippen LogP contribution in [-0.2, 0) is 4.74 Å². The summed E-state index contributed by atoms with van der Waals surface area (Å²) < 4.78 is 12.2. The Morgan fingerprint density at radius 3 is 3.00 bits per heavy atom. The van der Waals surface area contributed by atoms with E-state index in [0.717, 1.165) is 6.42 Å². The summed E-state index contributed by atoms with van der Waals surface area (Å²) in [7, 11) is 1.29. The number of rotatable bonds is 1. The first-order chi connectivity index (χ1) is 5.56. The van der Waals surface area contributed by atoms with Crippen LogP contribution in [0.25, 0.3) is 0 Å². The molecule has 0 bridgehead atoms. The lowest BCUT2D eigenvalue weighted by molar-refractivity contribution is 0.166. The maximum absolute atomic E-state index is 10.8. The Morgan fingerprint density at radius 2 is 2.55 bits per heavy atom. The van der Waals surface area contributed by atoms with E-state index in [1.807, 2.05) is 0 Å². The summed E-state index contributed by atoms with van der Waals surface area (Å²) in [6, 6.07) is -0.883. The molecule has 0 spiro atoms. The molecule has 4 nitrogen and oxygen atoms in total. The van der Waals surface area contributed by atoms with Gasteiger partial charge in [-0.25, -0.2) is 4.79 Å². The van der Waals surface area contributed by atoms with Crippen molar-refractivity contribution in [3.63, 3.8) is 0 Å². The van der Waals surface area contributed by atoms with E-state index in [-0.39, 0.29) is 6.04 Å². The molecule has 0 aromatic rings. The van der Waals surface area contributed by atoms with Crippen LogP contribution in [0.15, 0.2) is 0 Å². The van der Waals surface area contributed by atoms with Crippen molar-refractivity contribution in [3.8, 4) is 0 Å².